The second-order valence-corrected chi connectivity index (χ2v) is 5.12. The first kappa shape index (κ1) is 15.1. The van der Waals surface area contributed by atoms with Gasteiger partial charge in [0, 0.05) is 16.3 Å². The molecule has 2 N–H and O–H groups in total. The number of aromatic nitrogens is 2. The Morgan fingerprint density at radius 1 is 1.09 bits per heavy atom. The Bertz CT molecular complexity index is 805. The average molecular weight is 329 g/mol. The number of benzene rings is 2. The molecule has 0 radical (unpaired) electrons. The molecule has 2 aromatic carbocycles. The van der Waals surface area contributed by atoms with Crippen molar-refractivity contribution in [1.29, 1.82) is 0 Å². The molecule has 0 saturated carbocycles. The molecule has 3 rings (SSSR count). The molecular formula is C16H13ClN4O2. The second kappa shape index (κ2) is 6.93. The van der Waals surface area contributed by atoms with Gasteiger partial charge in [-0.25, -0.2) is 4.79 Å². The number of amides is 2. The van der Waals surface area contributed by atoms with Crippen molar-refractivity contribution in [3.63, 3.8) is 0 Å². The van der Waals surface area contributed by atoms with E-state index in [0.29, 0.717) is 22.5 Å². The van der Waals surface area contributed by atoms with E-state index in [0.717, 1.165) is 5.56 Å². The van der Waals surface area contributed by atoms with Crippen LogP contribution in [0.1, 0.15) is 5.89 Å². The molecule has 0 aliphatic carbocycles. The lowest BCUT2D eigenvalue weighted by atomic mass is 10.2. The third-order valence-corrected chi connectivity index (χ3v) is 3.21. The van der Waals surface area contributed by atoms with E-state index in [1.165, 1.54) is 0 Å². The zero-order valence-electron chi connectivity index (χ0n) is 12.0. The Morgan fingerprint density at radius 2 is 1.91 bits per heavy atom. The van der Waals surface area contributed by atoms with Crippen LogP contribution in [0.3, 0.4) is 0 Å². The van der Waals surface area contributed by atoms with Crippen LogP contribution in [0.25, 0.3) is 11.5 Å². The van der Waals surface area contributed by atoms with Gasteiger partial charge in [0.2, 0.25) is 11.8 Å². The quantitative estimate of drug-likeness (QED) is 0.765. The fourth-order valence-corrected chi connectivity index (χ4v) is 2.11. The van der Waals surface area contributed by atoms with Gasteiger partial charge in [-0.05, 0) is 30.3 Å². The van der Waals surface area contributed by atoms with Gasteiger partial charge in [0.25, 0.3) is 0 Å². The maximum absolute atomic E-state index is 11.8. The normalized spacial score (nSPS) is 10.3. The van der Waals surface area contributed by atoms with Crippen molar-refractivity contribution in [3.8, 4) is 11.5 Å². The summed E-state index contributed by atoms with van der Waals surface area (Å²) in [7, 11) is 0. The highest BCUT2D eigenvalue weighted by molar-refractivity contribution is 6.30. The summed E-state index contributed by atoms with van der Waals surface area (Å²) in [6, 6.07) is 15.9. The molecule has 2 amide bonds. The van der Waals surface area contributed by atoms with Gasteiger partial charge in [-0.2, -0.15) is 0 Å². The number of anilines is 1. The van der Waals surface area contributed by atoms with Crippen molar-refractivity contribution in [3.05, 3.63) is 65.5 Å². The first-order chi connectivity index (χ1) is 11.2. The maximum Gasteiger partial charge on any atom is 0.319 e. The van der Waals surface area contributed by atoms with Crippen LogP contribution in [0.2, 0.25) is 5.02 Å². The summed E-state index contributed by atoms with van der Waals surface area (Å²) in [4.78, 5) is 11.8. The van der Waals surface area contributed by atoms with E-state index in [2.05, 4.69) is 20.8 Å². The van der Waals surface area contributed by atoms with Gasteiger partial charge in [0.05, 0.1) is 6.54 Å². The highest BCUT2D eigenvalue weighted by atomic mass is 35.5. The van der Waals surface area contributed by atoms with Crippen molar-refractivity contribution in [2.75, 3.05) is 5.32 Å². The van der Waals surface area contributed by atoms with Crippen molar-refractivity contribution in [2.24, 2.45) is 0 Å². The number of hydrogen-bond donors (Lipinski definition) is 2. The van der Waals surface area contributed by atoms with E-state index in [4.69, 9.17) is 16.0 Å². The van der Waals surface area contributed by atoms with E-state index >= 15 is 0 Å². The second-order valence-electron chi connectivity index (χ2n) is 4.69. The molecule has 0 bridgehead atoms. The van der Waals surface area contributed by atoms with Crippen LogP contribution >= 0.6 is 11.6 Å². The molecular weight excluding hydrogens is 316 g/mol. The van der Waals surface area contributed by atoms with Crippen molar-refractivity contribution >= 4 is 23.3 Å². The zero-order valence-corrected chi connectivity index (χ0v) is 12.7. The minimum absolute atomic E-state index is 0.131. The van der Waals surface area contributed by atoms with E-state index in [1.807, 2.05) is 30.3 Å². The average Bonchev–Trinajstić information content (AvgIpc) is 3.03. The van der Waals surface area contributed by atoms with E-state index in [-0.39, 0.29) is 12.6 Å². The van der Waals surface area contributed by atoms with E-state index < -0.39 is 0 Å². The Labute approximate surface area is 137 Å². The molecule has 7 heteroatoms. The van der Waals surface area contributed by atoms with Gasteiger partial charge in [-0.3, -0.25) is 0 Å². The van der Waals surface area contributed by atoms with Crippen LogP contribution < -0.4 is 10.6 Å². The Balaban J connectivity index is 1.56. The number of hydrogen-bond acceptors (Lipinski definition) is 4. The number of carbonyl (C=O) groups is 1. The largest absolute Gasteiger partial charge is 0.419 e. The molecule has 116 valence electrons. The minimum atomic E-state index is -0.383. The third kappa shape index (κ3) is 4.08. The topological polar surface area (TPSA) is 80.1 Å². The van der Waals surface area contributed by atoms with Gasteiger partial charge < -0.3 is 15.1 Å². The van der Waals surface area contributed by atoms with Gasteiger partial charge in [-0.1, -0.05) is 35.9 Å². The van der Waals surface area contributed by atoms with Gasteiger partial charge in [0.15, 0.2) is 0 Å². The highest BCUT2D eigenvalue weighted by Gasteiger charge is 2.09. The molecule has 1 heterocycles. The van der Waals surface area contributed by atoms with Crippen LogP contribution in [0.4, 0.5) is 10.5 Å². The van der Waals surface area contributed by atoms with Gasteiger partial charge in [0.1, 0.15) is 0 Å². The highest BCUT2D eigenvalue weighted by Crippen LogP contribution is 2.17. The lowest BCUT2D eigenvalue weighted by molar-refractivity contribution is 0.250. The summed E-state index contributed by atoms with van der Waals surface area (Å²) in [5.41, 5.74) is 1.43. The SMILES string of the molecule is O=C(NCc1nnc(-c2ccccc2)o1)Nc1cccc(Cl)c1. The lowest BCUT2D eigenvalue weighted by Crippen LogP contribution is -2.28. The van der Waals surface area contributed by atoms with Crippen molar-refractivity contribution in [1.82, 2.24) is 15.5 Å². The number of carbonyl (C=O) groups excluding carboxylic acids is 1. The smallest absolute Gasteiger partial charge is 0.319 e. The number of urea groups is 1. The molecule has 0 unspecified atom stereocenters. The molecule has 0 fully saturated rings. The molecule has 23 heavy (non-hydrogen) atoms. The van der Waals surface area contributed by atoms with E-state index in [9.17, 15) is 4.79 Å². The summed E-state index contributed by atoms with van der Waals surface area (Å²) < 4.78 is 5.50. The standard InChI is InChI=1S/C16H13ClN4O2/c17-12-7-4-8-13(9-12)19-16(22)18-10-14-20-21-15(23-14)11-5-2-1-3-6-11/h1-9H,10H2,(H2,18,19,22). The van der Waals surface area contributed by atoms with E-state index in [1.54, 1.807) is 24.3 Å². The van der Waals surface area contributed by atoms with Gasteiger partial charge in [-0.15, -0.1) is 10.2 Å². The maximum atomic E-state index is 11.8. The Hall–Kier alpha value is -2.86. The Kier molecular flexibility index (Phi) is 4.54. The number of nitrogens with zero attached hydrogens (tertiary/aromatic N) is 2. The molecule has 0 aliphatic heterocycles. The number of rotatable bonds is 4. The van der Waals surface area contributed by atoms with Gasteiger partial charge >= 0.3 is 6.03 Å². The van der Waals surface area contributed by atoms with Crippen LogP contribution in [0.15, 0.2) is 59.0 Å². The van der Waals surface area contributed by atoms with Crippen LogP contribution in [-0.4, -0.2) is 16.2 Å². The van der Waals surface area contributed by atoms with Crippen molar-refractivity contribution < 1.29 is 9.21 Å². The minimum Gasteiger partial charge on any atom is -0.419 e. The first-order valence-electron chi connectivity index (χ1n) is 6.89. The fraction of sp³-hybridized carbons (Fsp3) is 0.0625. The predicted molar refractivity (Wildman–Crippen MR) is 87.0 cm³/mol. The number of halogens is 1. The summed E-state index contributed by atoms with van der Waals surface area (Å²) in [6.07, 6.45) is 0. The third-order valence-electron chi connectivity index (χ3n) is 2.97. The first-order valence-corrected chi connectivity index (χ1v) is 7.27. The summed E-state index contributed by atoms with van der Waals surface area (Å²) in [5, 5.41) is 13.7. The molecule has 6 nitrogen and oxygen atoms in total. The lowest BCUT2D eigenvalue weighted by Gasteiger charge is -2.05. The Morgan fingerprint density at radius 3 is 2.70 bits per heavy atom. The zero-order chi connectivity index (χ0) is 16.1. The monoisotopic (exact) mass is 328 g/mol. The van der Waals surface area contributed by atoms with Crippen LogP contribution in [-0.2, 0) is 6.54 Å². The predicted octanol–water partition coefficient (Wildman–Crippen LogP) is 3.71. The summed E-state index contributed by atoms with van der Waals surface area (Å²) >= 11 is 5.86. The molecule has 3 aromatic rings. The molecule has 0 atom stereocenters. The van der Waals surface area contributed by atoms with Crippen LogP contribution in [0, 0.1) is 0 Å². The number of nitrogens with one attached hydrogen (secondary N) is 2. The molecule has 0 saturated heterocycles. The molecule has 1 aromatic heterocycles. The molecule has 0 spiro atoms. The fourth-order valence-electron chi connectivity index (χ4n) is 1.92. The van der Waals surface area contributed by atoms with Crippen molar-refractivity contribution in [2.45, 2.75) is 6.54 Å². The summed E-state index contributed by atoms with van der Waals surface area (Å²) in [5.74, 6) is 0.739. The molecule has 0 aliphatic rings. The summed E-state index contributed by atoms with van der Waals surface area (Å²) in [6.45, 7) is 0.131. The van der Waals surface area contributed by atoms with Crippen LogP contribution in [0.5, 0.6) is 0 Å².